The van der Waals surface area contributed by atoms with E-state index in [9.17, 15) is 4.79 Å². The van der Waals surface area contributed by atoms with E-state index >= 15 is 0 Å². The second kappa shape index (κ2) is 10.2. The molecule has 0 saturated carbocycles. The maximum atomic E-state index is 10.9. The Hall–Kier alpha value is 1.08. The first-order valence-corrected chi connectivity index (χ1v) is 7.87. The van der Waals surface area contributed by atoms with Gasteiger partial charge in [-0.05, 0) is 36.5 Å². The molecule has 0 unspecified atom stereocenters. The summed E-state index contributed by atoms with van der Waals surface area (Å²) in [4.78, 5) is 10.9. The number of rotatable bonds is 8. The fourth-order valence-electron chi connectivity index (χ4n) is 2.08. The van der Waals surface area contributed by atoms with Crippen LogP contribution in [0.4, 0.5) is 0 Å². The third-order valence-corrected chi connectivity index (χ3v) is 7.02. The average Bonchev–Trinajstić information content (AvgIpc) is 2.03. The predicted molar refractivity (Wildman–Crippen MR) is 74.1 cm³/mol. The zero-order chi connectivity index (χ0) is 11.0. The molecule has 0 aromatic heterocycles. The summed E-state index contributed by atoms with van der Waals surface area (Å²) >= 11 is 0. The molecule has 0 aromatic rings. The SMILES string of the molecule is CCCS(CCC)(CCC)CC(=O)O.[CaH2]. The van der Waals surface area contributed by atoms with Gasteiger partial charge < -0.3 is 5.11 Å². The van der Waals surface area contributed by atoms with Crippen LogP contribution in [0, 0.1) is 0 Å². The van der Waals surface area contributed by atoms with E-state index in [4.69, 9.17) is 5.11 Å². The normalized spacial score (nSPS) is 11.9. The Morgan fingerprint density at radius 3 is 1.53 bits per heavy atom. The fraction of sp³-hybridized carbons (Fsp3) is 0.909. The van der Waals surface area contributed by atoms with Crippen molar-refractivity contribution in [1.82, 2.24) is 0 Å². The zero-order valence-electron chi connectivity index (χ0n) is 9.71. The number of carbonyl (C=O) groups is 1. The molecule has 0 heterocycles. The Morgan fingerprint density at radius 1 is 1.00 bits per heavy atom. The molecule has 0 aliphatic heterocycles. The average molecular weight is 262 g/mol. The summed E-state index contributed by atoms with van der Waals surface area (Å²) in [5.74, 6) is 3.25. The number of hydrogen-bond acceptors (Lipinski definition) is 1. The van der Waals surface area contributed by atoms with Crippen LogP contribution in [0.2, 0.25) is 0 Å². The fourth-order valence-corrected chi connectivity index (χ4v) is 6.25. The van der Waals surface area contributed by atoms with Crippen LogP contribution in [0.1, 0.15) is 40.0 Å². The minimum atomic E-state index is -0.845. The Kier molecular flexibility index (Phi) is 12.6. The van der Waals surface area contributed by atoms with Gasteiger partial charge in [0.05, 0.1) is 5.75 Å². The van der Waals surface area contributed by atoms with Gasteiger partial charge in [0.15, 0.2) is 0 Å². The Balaban J connectivity index is 0. The van der Waals surface area contributed by atoms with Crippen molar-refractivity contribution in [3.63, 3.8) is 0 Å². The van der Waals surface area contributed by atoms with E-state index in [-0.39, 0.29) is 37.7 Å². The van der Waals surface area contributed by atoms with Crippen molar-refractivity contribution < 1.29 is 9.90 Å². The van der Waals surface area contributed by atoms with E-state index in [2.05, 4.69) is 20.8 Å². The quantitative estimate of drug-likeness (QED) is 0.681. The number of aliphatic carboxylic acids is 1. The van der Waals surface area contributed by atoms with E-state index in [1.807, 2.05) is 0 Å². The molecule has 90 valence electrons. The van der Waals surface area contributed by atoms with Crippen LogP contribution < -0.4 is 0 Å². The molecule has 1 N–H and O–H groups in total. The van der Waals surface area contributed by atoms with Gasteiger partial charge in [0, 0.05) is 0 Å². The molecule has 15 heavy (non-hydrogen) atoms. The first kappa shape index (κ1) is 18.4. The Morgan fingerprint density at radius 2 is 1.33 bits per heavy atom. The van der Waals surface area contributed by atoms with Gasteiger partial charge in [0.25, 0.3) is 0 Å². The summed E-state index contributed by atoms with van der Waals surface area (Å²) < 4.78 is 0. The minimum absolute atomic E-state index is 0. The third-order valence-electron chi connectivity index (χ3n) is 2.34. The second-order valence-electron chi connectivity index (χ2n) is 3.88. The van der Waals surface area contributed by atoms with Crippen LogP contribution in [-0.4, -0.2) is 71.8 Å². The van der Waals surface area contributed by atoms with Crippen LogP contribution in [-0.2, 0) is 4.79 Å². The van der Waals surface area contributed by atoms with E-state index < -0.39 is 16.0 Å². The molecule has 0 fully saturated rings. The van der Waals surface area contributed by atoms with Gasteiger partial charge in [-0.15, -0.1) is 0 Å². The van der Waals surface area contributed by atoms with Crippen molar-refractivity contribution in [2.75, 3.05) is 23.0 Å². The van der Waals surface area contributed by atoms with Gasteiger partial charge >= 0.3 is 43.7 Å². The molecular weight excluding hydrogens is 236 g/mol. The molecular formula is C11H26CaO2S. The molecule has 0 radical (unpaired) electrons. The summed E-state index contributed by atoms with van der Waals surface area (Å²) in [5, 5.41) is 8.95. The van der Waals surface area contributed by atoms with Crippen LogP contribution in [0.15, 0.2) is 0 Å². The zero-order valence-corrected chi connectivity index (χ0v) is 10.5. The van der Waals surface area contributed by atoms with Crippen molar-refractivity contribution in [3.8, 4) is 0 Å². The van der Waals surface area contributed by atoms with Crippen LogP contribution in [0.25, 0.3) is 0 Å². The van der Waals surface area contributed by atoms with E-state index in [1.54, 1.807) is 0 Å². The van der Waals surface area contributed by atoms with Crippen molar-refractivity contribution in [3.05, 3.63) is 0 Å². The number of hydrogen-bond donors (Lipinski definition) is 1. The molecule has 0 spiro atoms. The van der Waals surface area contributed by atoms with Crippen molar-refractivity contribution in [2.24, 2.45) is 0 Å². The van der Waals surface area contributed by atoms with Crippen molar-refractivity contribution in [2.45, 2.75) is 40.0 Å². The molecule has 0 bridgehead atoms. The van der Waals surface area contributed by atoms with Gasteiger partial charge in [-0.1, -0.05) is 20.8 Å². The maximum absolute atomic E-state index is 10.9. The standard InChI is InChI=1S/C11H24O2S.Ca.2H/c1-4-7-14(8-5-2,9-6-3)10-11(12)13;;;/h4-10H2,1-3H3,(H,12,13);;;. The second-order valence-corrected chi connectivity index (χ2v) is 7.84. The molecule has 0 aromatic carbocycles. The first-order chi connectivity index (χ1) is 6.60. The number of carboxylic acids is 1. The van der Waals surface area contributed by atoms with Gasteiger partial charge in [-0.2, -0.15) is 0 Å². The summed E-state index contributed by atoms with van der Waals surface area (Å²) in [6.45, 7) is 6.48. The Bertz CT molecular complexity index is 157. The first-order valence-electron chi connectivity index (χ1n) is 5.56. The van der Waals surface area contributed by atoms with Gasteiger partial charge in [-0.3, -0.25) is 4.79 Å². The van der Waals surface area contributed by atoms with Crippen LogP contribution in [0.5, 0.6) is 0 Å². The van der Waals surface area contributed by atoms with Crippen LogP contribution >= 0.6 is 10.0 Å². The van der Waals surface area contributed by atoms with Crippen molar-refractivity contribution >= 4 is 53.7 Å². The molecule has 0 rings (SSSR count). The van der Waals surface area contributed by atoms with E-state index in [0.29, 0.717) is 5.75 Å². The topological polar surface area (TPSA) is 37.3 Å². The monoisotopic (exact) mass is 262 g/mol. The molecule has 0 aliphatic rings. The van der Waals surface area contributed by atoms with Gasteiger partial charge in [0.1, 0.15) is 0 Å². The predicted octanol–water partition coefficient (Wildman–Crippen LogP) is 2.19. The van der Waals surface area contributed by atoms with Crippen molar-refractivity contribution in [1.29, 1.82) is 0 Å². The Labute approximate surface area is 126 Å². The molecule has 4 heteroatoms. The molecule has 0 saturated heterocycles. The van der Waals surface area contributed by atoms with E-state index in [1.165, 1.54) is 0 Å². The third kappa shape index (κ3) is 7.89. The summed E-state index contributed by atoms with van der Waals surface area (Å²) in [5.41, 5.74) is 0. The summed E-state index contributed by atoms with van der Waals surface area (Å²) in [6.07, 6.45) is 3.38. The van der Waals surface area contributed by atoms with Gasteiger partial charge in [-0.25, -0.2) is 10.0 Å². The molecule has 0 amide bonds. The van der Waals surface area contributed by atoms with Gasteiger partial charge in [0.2, 0.25) is 0 Å². The molecule has 2 nitrogen and oxygen atoms in total. The van der Waals surface area contributed by atoms with E-state index in [0.717, 1.165) is 36.5 Å². The molecule has 0 aliphatic carbocycles. The number of carboxylic acid groups (broad SMARTS) is 1. The summed E-state index contributed by atoms with van der Waals surface area (Å²) in [7, 11) is -0.845. The van der Waals surface area contributed by atoms with Crippen LogP contribution in [0.3, 0.4) is 0 Å². The molecule has 0 atom stereocenters. The summed E-state index contributed by atoms with van der Waals surface area (Å²) in [6, 6.07) is 0.